The molecule has 0 aromatic heterocycles. The standard InChI is InChI=1S/C16H20F3NO2/c1-11-10-20(8-7-15(11,2)22)14(21)9-12-3-5-13(6-4-12)16(17,18)19/h3-6,11,22H,7-10H2,1-2H3/t11-,15+/m1/s1. The van der Waals surface area contributed by atoms with Crippen molar-refractivity contribution >= 4 is 5.91 Å². The molecule has 2 rings (SSSR count). The summed E-state index contributed by atoms with van der Waals surface area (Å²) >= 11 is 0. The number of alkyl halides is 3. The van der Waals surface area contributed by atoms with Gasteiger partial charge in [-0.25, -0.2) is 0 Å². The maximum atomic E-state index is 12.5. The highest BCUT2D eigenvalue weighted by Gasteiger charge is 2.36. The quantitative estimate of drug-likeness (QED) is 0.912. The molecule has 0 aliphatic carbocycles. The summed E-state index contributed by atoms with van der Waals surface area (Å²) in [5, 5.41) is 10.1. The molecule has 0 unspecified atom stereocenters. The van der Waals surface area contributed by atoms with E-state index in [2.05, 4.69) is 0 Å². The number of aliphatic hydroxyl groups is 1. The van der Waals surface area contributed by atoms with E-state index in [9.17, 15) is 23.1 Å². The van der Waals surface area contributed by atoms with E-state index in [1.165, 1.54) is 12.1 Å². The van der Waals surface area contributed by atoms with Crippen LogP contribution in [0.15, 0.2) is 24.3 Å². The lowest BCUT2D eigenvalue weighted by Crippen LogP contribution is -2.51. The van der Waals surface area contributed by atoms with Gasteiger partial charge in [-0.15, -0.1) is 0 Å². The molecule has 1 aromatic rings. The predicted molar refractivity (Wildman–Crippen MR) is 76.1 cm³/mol. The summed E-state index contributed by atoms with van der Waals surface area (Å²) in [6.45, 7) is 4.58. The highest BCUT2D eigenvalue weighted by molar-refractivity contribution is 5.79. The number of likely N-dealkylation sites (tertiary alicyclic amines) is 1. The van der Waals surface area contributed by atoms with Crippen LogP contribution in [-0.2, 0) is 17.4 Å². The number of piperidine rings is 1. The topological polar surface area (TPSA) is 40.5 Å². The van der Waals surface area contributed by atoms with Gasteiger partial charge in [0.2, 0.25) is 5.91 Å². The van der Waals surface area contributed by atoms with Crippen LogP contribution in [0.1, 0.15) is 31.4 Å². The minimum absolute atomic E-state index is 0.0298. The number of amides is 1. The lowest BCUT2D eigenvalue weighted by molar-refractivity contribution is -0.138. The van der Waals surface area contributed by atoms with Crippen molar-refractivity contribution in [2.45, 2.75) is 38.5 Å². The summed E-state index contributed by atoms with van der Waals surface area (Å²) in [7, 11) is 0. The molecule has 2 atom stereocenters. The Bertz CT molecular complexity index is 537. The molecular weight excluding hydrogens is 295 g/mol. The molecule has 3 nitrogen and oxygen atoms in total. The number of hydrogen-bond donors (Lipinski definition) is 1. The summed E-state index contributed by atoms with van der Waals surface area (Å²) in [5.74, 6) is -0.153. The van der Waals surface area contributed by atoms with Gasteiger partial charge in [0.05, 0.1) is 17.6 Å². The Morgan fingerprint density at radius 2 is 1.95 bits per heavy atom. The van der Waals surface area contributed by atoms with Crippen LogP contribution >= 0.6 is 0 Å². The van der Waals surface area contributed by atoms with Crippen molar-refractivity contribution in [3.63, 3.8) is 0 Å². The molecule has 22 heavy (non-hydrogen) atoms. The Kier molecular flexibility index (Phi) is 4.52. The van der Waals surface area contributed by atoms with Gasteiger partial charge in [0.15, 0.2) is 0 Å². The summed E-state index contributed by atoms with van der Waals surface area (Å²) in [6.07, 6.45) is -3.78. The Hall–Kier alpha value is -1.56. The zero-order chi connectivity index (χ0) is 16.5. The second-order valence-electron chi connectivity index (χ2n) is 6.22. The zero-order valence-corrected chi connectivity index (χ0v) is 12.7. The van der Waals surface area contributed by atoms with Crippen LogP contribution in [-0.4, -0.2) is 34.6 Å². The van der Waals surface area contributed by atoms with Crippen LogP contribution in [0.5, 0.6) is 0 Å². The van der Waals surface area contributed by atoms with Gasteiger partial charge in [-0.1, -0.05) is 19.1 Å². The van der Waals surface area contributed by atoms with Crippen molar-refractivity contribution in [3.8, 4) is 0 Å². The first-order chi connectivity index (χ1) is 10.1. The third-order valence-corrected chi connectivity index (χ3v) is 4.43. The van der Waals surface area contributed by atoms with Gasteiger partial charge in [0.25, 0.3) is 0 Å². The van der Waals surface area contributed by atoms with Crippen LogP contribution in [0.2, 0.25) is 0 Å². The van der Waals surface area contributed by atoms with Crippen molar-refractivity contribution in [1.29, 1.82) is 0 Å². The molecule has 0 radical (unpaired) electrons. The number of benzene rings is 1. The van der Waals surface area contributed by atoms with Crippen molar-refractivity contribution in [2.24, 2.45) is 5.92 Å². The second kappa shape index (κ2) is 5.91. The van der Waals surface area contributed by atoms with Crippen LogP contribution in [0, 0.1) is 5.92 Å². The maximum Gasteiger partial charge on any atom is 0.416 e. The summed E-state index contributed by atoms with van der Waals surface area (Å²) < 4.78 is 37.5. The van der Waals surface area contributed by atoms with Gasteiger partial charge in [-0.3, -0.25) is 4.79 Å². The van der Waals surface area contributed by atoms with E-state index in [1.54, 1.807) is 11.8 Å². The minimum Gasteiger partial charge on any atom is -0.390 e. The van der Waals surface area contributed by atoms with Crippen molar-refractivity contribution in [1.82, 2.24) is 4.90 Å². The normalized spacial score (nSPS) is 26.1. The fourth-order valence-electron chi connectivity index (χ4n) is 2.55. The predicted octanol–water partition coefficient (Wildman–Crippen LogP) is 2.87. The molecule has 1 aliphatic heterocycles. The zero-order valence-electron chi connectivity index (χ0n) is 12.7. The van der Waals surface area contributed by atoms with E-state index in [-0.39, 0.29) is 18.2 Å². The van der Waals surface area contributed by atoms with E-state index in [0.717, 1.165) is 12.1 Å². The van der Waals surface area contributed by atoms with Crippen LogP contribution < -0.4 is 0 Å². The van der Waals surface area contributed by atoms with E-state index >= 15 is 0 Å². The molecule has 0 saturated carbocycles. The Morgan fingerprint density at radius 3 is 2.45 bits per heavy atom. The van der Waals surface area contributed by atoms with Crippen molar-refractivity contribution < 1.29 is 23.1 Å². The molecular formula is C16H20F3NO2. The first-order valence-corrected chi connectivity index (χ1v) is 7.26. The average molecular weight is 315 g/mol. The number of carbonyl (C=O) groups excluding carboxylic acids is 1. The number of rotatable bonds is 2. The molecule has 0 bridgehead atoms. The first-order valence-electron chi connectivity index (χ1n) is 7.26. The van der Waals surface area contributed by atoms with Crippen molar-refractivity contribution in [2.75, 3.05) is 13.1 Å². The first kappa shape index (κ1) is 16.8. The monoisotopic (exact) mass is 315 g/mol. The highest BCUT2D eigenvalue weighted by Crippen LogP contribution is 2.30. The fourth-order valence-corrected chi connectivity index (χ4v) is 2.55. The number of carbonyl (C=O) groups is 1. The SMILES string of the molecule is C[C@@H]1CN(C(=O)Cc2ccc(C(F)(F)F)cc2)CC[C@]1(C)O. The van der Waals surface area contributed by atoms with E-state index in [1.807, 2.05) is 6.92 Å². The molecule has 0 spiro atoms. The largest absolute Gasteiger partial charge is 0.416 e. The molecule has 122 valence electrons. The lowest BCUT2D eigenvalue weighted by Gasteiger charge is -2.41. The van der Waals surface area contributed by atoms with Gasteiger partial charge >= 0.3 is 6.18 Å². The van der Waals surface area contributed by atoms with Crippen LogP contribution in [0.4, 0.5) is 13.2 Å². The molecule has 1 amide bonds. The molecule has 1 fully saturated rings. The molecule has 1 saturated heterocycles. The van der Waals surface area contributed by atoms with Gasteiger partial charge in [0.1, 0.15) is 0 Å². The molecule has 1 aromatic carbocycles. The Labute approximate surface area is 127 Å². The van der Waals surface area contributed by atoms with E-state index in [0.29, 0.717) is 25.1 Å². The summed E-state index contributed by atoms with van der Waals surface area (Å²) in [6, 6.07) is 4.66. The van der Waals surface area contributed by atoms with Crippen molar-refractivity contribution in [3.05, 3.63) is 35.4 Å². The third kappa shape index (κ3) is 3.80. The number of halogens is 3. The average Bonchev–Trinajstić information content (AvgIpc) is 2.41. The fraction of sp³-hybridized carbons (Fsp3) is 0.562. The lowest BCUT2D eigenvalue weighted by atomic mass is 9.84. The molecule has 6 heteroatoms. The minimum atomic E-state index is -4.36. The van der Waals surface area contributed by atoms with Crippen LogP contribution in [0.25, 0.3) is 0 Å². The summed E-state index contributed by atoms with van der Waals surface area (Å²) in [4.78, 5) is 13.9. The number of hydrogen-bond acceptors (Lipinski definition) is 2. The van der Waals surface area contributed by atoms with Gasteiger partial charge in [-0.05, 0) is 31.0 Å². The Morgan fingerprint density at radius 1 is 1.36 bits per heavy atom. The smallest absolute Gasteiger partial charge is 0.390 e. The van der Waals surface area contributed by atoms with E-state index in [4.69, 9.17) is 0 Å². The van der Waals surface area contributed by atoms with E-state index < -0.39 is 17.3 Å². The second-order valence-corrected chi connectivity index (χ2v) is 6.22. The number of nitrogens with zero attached hydrogens (tertiary/aromatic N) is 1. The molecule has 1 aliphatic rings. The third-order valence-electron chi connectivity index (χ3n) is 4.43. The van der Waals surface area contributed by atoms with Crippen LogP contribution in [0.3, 0.4) is 0 Å². The maximum absolute atomic E-state index is 12.5. The summed E-state index contributed by atoms with van der Waals surface area (Å²) in [5.41, 5.74) is -0.931. The Balaban J connectivity index is 1.98. The highest BCUT2D eigenvalue weighted by atomic mass is 19.4. The molecule has 1 N–H and O–H groups in total. The van der Waals surface area contributed by atoms with Gasteiger partial charge in [-0.2, -0.15) is 13.2 Å². The molecule has 1 heterocycles. The van der Waals surface area contributed by atoms with Gasteiger partial charge in [0, 0.05) is 19.0 Å². The van der Waals surface area contributed by atoms with Gasteiger partial charge < -0.3 is 10.0 Å².